The lowest BCUT2D eigenvalue weighted by molar-refractivity contribution is 0.260. The Morgan fingerprint density at radius 1 is 1.86 bits per heavy atom. The highest BCUT2D eigenvalue weighted by Crippen LogP contribution is 1.81. The summed E-state index contributed by atoms with van der Waals surface area (Å²) in [6.07, 6.45) is 0. The summed E-state index contributed by atoms with van der Waals surface area (Å²) >= 11 is 3.95. The van der Waals surface area contributed by atoms with Crippen LogP contribution in [0.5, 0.6) is 0 Å². The second-order valence-corrected chi connectivity index (χ2v) is 1.72. The number of aliphatic hydroxyl groups excluding tert-OH is 1. The SMILES string of the molecule is CNC(CO)CS. The van der Waals surface area contributed by atoms with Gasteiger partial charge in [-0.05, 0) is 7.05 Å². The third kappa shape index (κ3) is 2.91. The monoisotopic (exact) mass is 121 g/mol. The molecule has 0 fully saturated rings. The average molecular weight is 121 g/mol. The molecule has 0 heterocycles. The Bertz CT molecular complexity index is 33.2. The fourth-order valence-electron chi connectivity index (χ4n) is 0.240. The van der Waals surface area contributed by atoms with Gasteiger partial charge in [-0.15, -0.1) is 0 Å². The van der Waals surface area contributed by atoms with Crippen molar-refractivity contribution in [1.29, 1.82) is 0 Å². The average Bonchev–Trinajstić information content (AvgIpc) is 1.72. The van der Waals surface area contributed by atoms with E-state index < -0.39 is 0 Å². The van der Waals surface area contributed by atoms with Crippen molar-refractivity contribution in [3.63, 3.8) is 0 Å². The molecule has 44 valence electrons. The molecule has 0 aromatic rings. The number of hydrogen-bond donors (Lipinski definition) is 3. The summed E-state index contributed by atoms with van der Waals surface area (Å²) in [6, 6.07) is 0.156. The van der Waals surface area contributed by atoms with Crippen LogP contribution in [0.1, 0.15) is 0 Å². The van der Waals surface area contributed by atoms with Crippen LogP contribution < -0.4 is 5.32 Å². The van der Waals surface area contributed by atoms with E-state index in [9.17, 15) is 0 Å². The van der Waals surface area contributed by atoms with Gasteiger partial charge in [0, 0.05) is 11.8 Å². The molecule has 0 aliphatic rings. The third-order valence-electron chi connectivity index (χ3n) is 0.849. The summed E-state index contributed by atoms with van der Waals surface area (Å²) < 4.78 is 0. The standard InChI is InChI=1S/C4H11NOS/c1-5-4(2-6)3-7/h4-7H,2-3H2,1H3. The Kier molecular flexibility index (Phi) is 4.60. The number of thiol groups is 1. The first kappa shape index (κ1) is 7.27. The Balaban J connectivity index is 2.99. The topological polar surface area (TPSA) is 32.3 Å². The minimum atomic E-state index is 0.156. The molecule has 0 amide bonds. The van der Waals surface area contributed by atoms with Gasteiger partial charge in [0.15, 0.2) is 0 Å². The first-order valence-electron chi connectivity index (χ1n) is 2.24. The third-order valence-corrected chi connectivity index (χ3v) is 1.29. The predicted octanol–water partition coefficient (Wildman–Crippen LogP) is -0.504. The van der Waals surface area contributed by atoms with Crippen LogP contribution in [0.4, 0.5) is 0 Å². The Morgan fingerprint density at radius 3 is 2.43 bits per heavy atom. The highest BCUT2D eigenvalue weighted by atomic mass is 32.1. The maximum atomic E-state index is 8.41. The Morgan fingerprint density at radius 2 is 2.43 bits per heavy atom. The first-order valence-corrected chi connectivity index (χ1v) is 2.87. The van der Waals surface area contributed by atoms with Crippen molar-refractivity contribution in [2.45, 2.75) is 6.04 Å². The highest BCUT2D eigenvalue weighted by molar-refractivity contribution is 7.80. The van der Waals surface area contributed by atoms with Crippen molar-refractivity contribution >= 4 is 12.6 Å². The van der Waals surface area contributed by atoms with E-state index in [1.807, 2.05) is 0 Å². The summed E-state index contributed by atoms with van der Waals surface area (Å²) in [5.41, 5.74) is 0. The molecule has 0 aromatic carbocycles. The zero-order valence-electron chi connectivity index (χ0n) is 4.39. The Hall–Kier alpha value is 0.270. The van der Waals surface area contributed by atoms with Crippen LogP contribution in [0.25, 0.3) is 0 Å². The molecule has 0 saturated heterocycles. The fraction of sp³-hybridized carbons (Fsp3) is 1.00. The van der Waals surface area contributed by atoms with Crippen LogP contribution in [0.15, 0.2) is 0 Å². The maximum Gasteiger partial charge on any atom is 0.0592 e. The molecule has 0 aromatic heterocycles. The molecule has 0 rings (SSSR count). The van der Waals surface area contributed by atoms with Crippen molar-refractivity contribution in [3.8, 4) is 0 Å². The lowest BCUT2D eigenvalue weighted by atomic mass is 10.4. The van der Waals surface area contributed by atoms with Gasteiger partial charge in [0.05, 0.1) is 6.61 Å². The number of likely N-dealkylation sites (N-methyl/N-ethyl adjacent to an activating group) is 1. The van der Waals surface area contributed by atoms with Gasteiger partial charge in [0.25, 0.3) is 0 Å². The first-order chi connectivity index (χ1) is 3.35. The van der Waals surface area contributed by atoms with E-state index in [0.717, 1.165) is 0 Å². The van der Waals surface area contributed by atoms with Crippen molar-refractivity contribution in [1.82, 2.24) is 5.32 Å². The van der Waals surface area contributed by atoms with E-state index in [1.54, 1.807) is 7.05 Å². The highest BCUT2D eigenvalue weighted by Gasteiger charge is 1.96. The van der Waals surface area contributed by atoms with E-state index >= 15 is 0 Å². The van der Waals surface area contributed by atoms with Gasteiger partial charge in [0.2, 0.25) is 0 Å². The zero-order chi connectivity index (χ0) is 5.70. The Labute approximate surface area is 49.3 Å². The largest absolute Gasteiger partial charge is 0.395 e. The minimum absolute atomic E-state index is 0.156. The molecule has 0 spiro atoms. The summed E-state index contributed by atoms with van der Waals surface area (Å²) in [6.45, 7) is 0.167. The number of aliphatic hydroxyl groups is 1. The van der Waals surface area contributed by atoms with E-state index in [4.69, 9.17) is 5.11 Å². The number of nitrogens with one attached hydrogen (secondary N) is 1. The second-order valence-electron chi connectivity index (χ2n) is 1.35. The van der Waals surface area contributed by atoms with Crippen LogP contribution in [-0.4, -0.2) is 30.6 Å². The fourth-order valence-corrected chi connectivity index (χ4v) is 0.538. The zero-order valence-corrected chi connectivity index (χ0v) is 5.28. The van der Waals surface area contributed by atoms with Gasteiger partial charge < -0.3 is 10.4 Å². The molecule has 0 bridgehead atoms. The number of rotatable bonds is 3. The van der Waals surface area contributed by atoms with Crippen molar-refractivity contribution < 1.29 is 5.11 Å². The molecule has 3 heteroatoms. The van der Waals surface area contributed by atoms with E-state index in [1.165, 1.54) is 0 Å². The summed E-state index contributed by atoms with van der Waals surface area (Å²) in [4.78, 5) is 0. The molecular formula is C4H11NOS. The van der Waals surface area contributed by atoms with E-state index in [2.05, 4.69) is 17.9 Å². The molecule has 1 unspecified atom stereocenters. The molecule has 2 nitrogen and oxygen atoms in total. The van der Waals surface area contributed by atoms with Crippen molar-refractivity contribution in [2.24, 2.45) is 0 Å². The van der Waals surface area contributed by atoms with Crippen LogP contribution in [0, 0.1) is 0 Å². The van der Waals surface area contributed by atoms with Crippen molar-refractivity contribution in [2.75, 3.05) is 19.4 Å². The molecule has 0 aliphatic carbocycles. The molecule has 0 radical (unpaired) electrons. The maximum absolute atomic E-state index is 8.41. The van der Waals surface area contributed by atoms with E-state index in [0.29, 0.717) is 5.75 Å². The molecular weight excluding hydrogens is 110 g/mol. The number of hydrogen-bond acceptors (Lipinski definition) is 3. The lowest BCUT2D eigenvalue weighted by Crippen LogP contribution is -2.30. The smallest absolute Gasteiger partial charge is 0.0592 e. The molecule has 7 heavy (non-hydrogen) atoms. The van der Waals surface area contributed by atoms with Gasteiger partial charge in [-0.2, -0.15) is 12.6 Å². The van der Waals surface area contributed by atoms with Gasteiger partial charge in [-0.1, -0.05) is 0 Å². The summed E-state index contributed by atoms with van der Waals surface area (Å²) in [5, 5.41) is 11.3. The van der Waals surface area contributed by atoms with E-state index in [-0.39, 0.29) is 12.6 Å². The molecule has 1 atom stereocenters. The van der Waals surface area contributed by atoms with Crippen LogP contribution in [0.2, 0.25) is 0 Å². The second kappa shape index (κ2) is 4.43. The minimum Gasteiger partial charge on any atom is -0.395 e. The van der Waals surface area contributed by atoms with Gasteiger partial charge >= 0.3 is 0 Å². The van der Waals surface area contributed by atoms with Gasteiger partial charge in [0.1, 0.15) is 0 Å². The summed E-state index contributed by atoms with van der Waals surface area (Å²) in [5.74, 6) is 0.688. The van der Waals surface area contributed by atoms with Gasteiger partial charge in [-0.3, -0.25) is 0 Å². The molecule has 0 aliphatic heterocycles. The summed E-state index contributed by atoms with van der Waals surface area (Å²) in [7, 11) is 1.80. The molecule has 2 N–H and O–H groups in total. The molecule has 0 saturated carbocycles. The van der Waals surface area contributed by atoms with Crippen LogP contribution in [-0.2, 0) is 0 Å². The van der Waals surface area contributed by atoms with Crippen LogP contribution >= 0.6 is 12.6 Å². The van der Waals surface area contributed by atoms with Crippen molar-refractivity contribution in [3.05, 3.63) is 0 Å². The van der Waals surface area contributed by atoms with Gasteiger partial charge in [-0.25, -0.2) is 0 Å². The van der Waals surface area contributed by atoms with Crippen LogP contribution in [0.3, 0.4) is 0 Å². The normalized spacial score (nSPS) is 14.1. The quantitative estimate of drug-likeness (QED) is 0.440. The predicted molar refractivity (Wildman–Crippen MR) is 33.8 cm³/mol. The lowest BCUT2D eigenvalue weighted by Gasteiger charge is -2.06.